The van der Waals surface area contributed by atoms with Gasteiger partial charge in [0.05, 0.1) is 102 Å². The molecule has 6 fully saturated rings. The van der Waals surface area contributed by atoms with Crippen molar-refractivity contribution in [2.45, 2.75) is 90.9 Å². The van der Waals surface area contributed by atoms with E-state index in [-0.39, 0.29) is 114 Å². The Balaban J connectivity index is 0.000000210. The Labute approximate surface area is 791 Å². The number of piperidine rings is 6. The summed E-state index contributed by atoms with van der Waals surface area (Å²) in [5, 5.41) is 17.8. The molecule has 6 N–H and O–H groups in total. The minimum absolute atomic E-state index is 0.0176. The van der Waals surface area contributed by atoms with Crippen molar-refractivity contribution in [2.75, 3.05) is 147 Å². The van der Waals surface area contributed by atoms with Crippen LogP contribution >= 0.6 is 101 Å². The lowest BCUT2D eigenvalue weighted by atomic mass is 9.98. The number of nitrogens with one attached hydrogen (secondary N) is 6. The Morgan fingerprint density at radius 2 is 0.547 bits per heavy atom. The molecule has 0 saturated carbocycles. The quantitative estimate of drug-likeness (QED) is 0.0387. The fourth-order valence-electron chi connectivity index (χ4n) is 13.9. The van der Waals surface area contributed by atoms with Crippen molar-refractivity contribution in [3.05, 3.63) is 172 Å². The van der Waals surface area contributed by atoms with E-state index < -0.39 is 107 Å². The van der Waals surface area contributed by atoms with Gasteiger partial charge >= 0.3 is 0 Å². The number of hydrogen-bond donors (Lipinski definition) is 6. The third-order valence-electron chi connectivity index (χ3n) is 21.0. The van der Waals surface area contributed by atoms with Crippen LogP contribution in [0.25, 0.3) is 0 Å². The molecule has 6 amide bonds. The summed E-state index contributed by atoms with van der Waals surface area (Å²) < 4.78 is 202. The molecule has 6 aliphatic rings. The standard InChI is InChI=1S/2C14H18ClFN2O3S.2C13H16BrClN2O3S.C13H16Cl2N2O3S.C13H16F2N2O3S/c1-2-22(20,21)18-7-3-4-10(9-18)14(19)17-11-5-6-13(16)12(15)8-11;1-2-22(20,21)18-7-3-4-10(9-18)14(19)17-11-5-6-12(15)13(16)8-11;1-21(19,20)17-6-2-3-9(8-17)13(18)16-10-4-5-12(15)11(14)7-10;3*1-21(19,20)17-6-2-3-9(8-17)13(18)16-10-4-5-11(14)12(15)7-10/h2*5-6,8,10H,2-4,7,9H2,1H3,(H,17,19);4*4-5,7,9H,2-3,6,8H2,1H3,(H,16,18)/t;10-;;;;/m.0..../s1. The lowest BCUT2D eigenvalue weighted by Crippen LogP contribution is -2.44. The van der Waals surface area contributed by atoms with Crippen molar-refractivity contribution in [1.82, 2.24) is 25.8 Å². The van der Waals surface area contributed by atoms with Crippen molar-refractivity contribution >= 4 is 231 Å². The second kappa shape index (κ2) is 49.3. The van der Waals surface area contributed by atoms with Crippen LogP contribution in [0.1, 0.15) is 90.9 Å². The Morgan fingerprint density at radius 3 is 0.828 bits per heavy atom. The van der Waals surface area contributed by atoms with Crippen molar-refractivity contribution in [2.24, 2.45) is 35.5 Å². The van der Waals surface area contributed by atoms with Crippen molar-refractivity contribution < 1.29 is 96.8 Å². The number of anilines is 6. The molecule has 128 heavy (non-hydrogen) atoms. The zero-order valence-electron chi connectivity index (χ0n) is 70.3. The summed E-state index contributed by atoms with van der Waals surface area (Å²) in [5.41, 5.74) is 2.63. The first-order valence-corrected chi connectivity index (χ1v) is 54.5. The molecule has 12 rings (SSSR count). The van der Waals surface area contributed by atoms with Crippen molar-refractivity contribution in [3.63, 3.8) is 0 Å². The van der Waals surface area contributed by atoms with E-state index in [4.69, 9.17) is 69.6 Å². The molecule has 0 aliphatic carbocycles. The second-order valence-electron chi connectivity index (χ2n) is 30.7. The maximum absolute atomic E-state index is 13.4. The summed E-state index contributed by atoms with van der Waals surface area (Å²) in [4.78, 5) is 73.3. The van der Waals surface area contributed by atoms with E-state index in [0.717, 1.165) is 35.2 Å². The number of rotatable bonds is 20. The highest BCUT2D eigenvalue weighted by Gasteiger charge is 2.37. The van der Waals surface area contributed by atoms with Gasteiger partial charge in [-0.25, -0.2) is 93.9 Å². The minimum Gasteiger partial charge on any atom is -0.326 e. The van der Waals surface area contributed by atoms with Gasteiger partial charge in [-0.3, -0.25) is 28.8 Å². The zero-order valence-corrected chi connectivity index (χ0v) is 82.9. The number of nitrogens with zero attached hydrogens (tertiary/aromatic N) is 6. The molecule has 6 aromatic rings. The Kier molecular flexibility index (Phi) is 42.0. The van der Waals surface area contributed by atoms with Gasteiger partial charge in [0.2, 0.25) is 95.6 Å². The molecule has 6 aliphatic heterocycles. The molecular weight excluding hydrogens is 2060 g/mol. The molecule has 6 atom stereocenters. The van der Waals surface area contributed by atoms with Gasteiger partial charge < -0.3 is 31.9 Å². The summed E-state index contributed by atoms with van der Waals surface area (Å²) in [6.45, 7) is 7.00. The zero-order chi connectivity index (χ0) is 95.1. The summed E-state index contributed by atoms with van der Waals surface area (Å²) in [5.74, 6) is -7.08. The van der Waals surface area contributed by atoms with Crippen LogP contribution in [0.5, 0.6) is 0 Å². The molecule has 0 aromatic heterocycles. The maximum atomic E-state index is 13.4. The second-order valence-corrected chi connectivity index (χ2v) is 47.3. The molecule has 0 radical (unpaired) electrons. The topological polar surface area (TPSA) is 399 Å². The first-order valence-electron chi connectivity index (χ1n) is 40.1. The fourth-order valence-corrected chi connectivity index (χ4v) is 21.4. The molecule has 708 valence electrons. The first kappa shape index (κ1) is 109. The molecule has 5 unspecified atom stereocenters. The molecule has 48 heteroatoms. The number of halogens is 12. The van der Waals surface area contributed by atoms with E-state index in [1.165, 1.54) is 74.7 Å². The monoisotopic (exact) mass is 2150 g/mol. The number of hydrogen-bond acceptors (Lipinski definition) is 18. The summed E-state index contributed by atoms with van der Waals surface area (Å²) in [6.07, 6.45) is 12.3. The summed E-state index contributed by atoms with van der Waals surface area (Å²) in [6, 6.07) is 26.1. The highest BCUT2D eigenvalue weighted by molar-refractivity contribution is 9.11. The Morgan fingerprint density at radius 1 is 0.297 bits per heavy atom. The van der Waals surface area contributed by atoms with E-state index in [1.807, 2.05) is 0 Å². The fraction of sp³-hybridized carbons (Fsp3) is 0.475. The van der Waals surface area contributed by atoms with Crippen molar-refractivity contribution in [1.29, 1.82) is 0 Å². The third-order valence-corrected chi connectivity index (χ3v) is 33.6. The number of amides is 6. The van der Waals surface area contributed by atoms with Gasteiger partial charge in [-0.2, -0.15) is 0 Å². The molecule has 6 heterocycles. The predicted octanol–water partition coefficient (Wildman–Crippen LogP) is 14.6. The molecule has 0 bridgehead atoms. The first-order chi connectivity index (χ1) is 59.7. The van der Waals surface area contributed by atoms with E-state index in [1.54, 1.807) is 68.4 Å². The maximum Gasteiger partial charge on any atom is 0.228 e. The normalized spacial score (nSPS) is 20.1. The Hall–Kier alpha value is -5.98. The lowest BCUT2D eigenvalue weighted by molar-refractivity contribution is -0.121. The van der Waals surface area contributed by atoms with Crippen molar-refractivity contribution in [3.8, 4) is 0 Å². The van der Waals surface area contributed by atoms with Gasteiger partial charge in [-0.05, 0) is 226 Å². The summed E-state index contributed by atoms with van der Waals surface area (Å²) in [7, 11) is -19.7. The largest absolute Gasteiger partial charge is 0.326 e. The SMILES string of the molecule is CCS(=O)(=O)N1CCCC(C(=O)Nc2ccc(F)c(Cl)c2)C1.CCS(=O)(=O)N1CCC[C@H](C(=O)Nc2ccc(Cl)c(F)c2)C1.CS(=O)(=O)N1CCCC(C(=O)Nc2ccc(Br)c(Cl)c2)C1.CS(=O)(=O)N1CCCC(C(=O)Nc2ccc(Cl)c(Br)c2)C1.CS(=O)(=O)N1CCCC(C(=O)Nc2ccc(Cl)c(Cl)c2)C1.CS(=O)(=O)N1CCCC(C(=O)Nc2ccc(F)c(F)c2)C1. The van der Waals surface area contributed by atoms with E-state index in [0.29, 0.717) is 169 Å². The lowest BCUT2D eigenvalue weighted by Gasteiger charge is -2.30. The van der Waals surface area contributed by atoms with Gasteiger partial charge in [-0.15, -0.1) is 0 Å². The van der Waals surface area contributed by atoms with Gasteiger partial charge in [0.15, 0.2) is 11.6 Å². The molecule has 6 saturated heterocycles. The number of carbonyl (C=O) groups excluding carboxylic acids is 6. The number of benzene rings is 6. The highest BCUT2D eigenvalue weighted by atomic mass is 79.9. The van der Waals surface area contributed by atoms with Crippen LogP contribution in [0.3, 0.4) is 0 Å². The van der Waals surface area contributed by atoms with Crippen LogP contribution in [0, 0.1) is 58.8 Å². The van der Waals surface area contributed by atoms with Crippen LogP contribution in [-0.4, -0.2) is 227 Å². The number of sulfonamides is 6. The van der Waals surface area contributed by atoms with Crippen LogP contribution in [0.15, 0.2) is 118 Å². The van der Waals surface area contributed by atoms with Crippen LogP contribution in [0.2, 0.25) is 30.1 Å². The van der Waals surface area contributed by atoms with E-state index >= 15 is 0 Å². The predicted molar refractivity (Wildman–Crippen MR) is 500 cm³/mol. The average Bonchev–Trinajstić information content (AvgIpc) is 0.842. The molecule has 30 nitrogen and oxygen atoms in total. The molecule has 6 aromatic carbocycles. The Bertz CT molecular complexity index is 5140. The van der Waals surface area contributed by atoms with Gasteiger partial charge in [0, 0.05) is 128 Å². The van der Waals surface area contributed by atoms with Gasteiger partial charge in [-0.1, -0.05) is 69.6 Å². The van der Waals surface area contributed by atoms with E-state index in [2.05, 4.69) is 63.8 Å². The molecule has 0 spiro atoms. The van der Waals surface area contributed by atoms with Crippen LogP contribution in [0.4, 0.5) is 51.7 Å². The average molecular weight is 2160 g/mol. The smallest absolute Gasteiger partial charge is 0.228 e. The molecular formula is C80H100Br2Cl6F4N12O18S6. The van der Waals surface area contributed by atoms with Crippen LogP contribution < -0.4 is 31.9 Å². The number of carbonyl (C=O) groups is 6. The van der Waals surface area contributed by atoms with E-state index in [9.17, 15) is 96.8 Å². The third kappa shape index (κ3) is 34.5. The summed E-state index contributed by atoms with van der Waals surface area (Å²) >= 11 is 41.4. The minimum atomic E-state index is -3.33. The van der Waals surface area contributed by atoms with Gasteiger partial charge in [0.25, 0.3) is 0 Å². The van der Waals surface area contributed by atoms with Crippen LogP contribution in [-0.2, 0) is 88.9 Å². The highest BCUT2D eigenvalue weighted by Crippen LogP contribution is 2.33. The van der Waals surface area contributed by atoms with Gasteiger partial charge in [0.1, 0.15) is 11.6 Å².